The summed E-state index contributed by atoms with van der Waals surface area (Å²) < 4.78 is 11.1. The van der Waals surface area contributed by atoms with Crippen LogP contribution in [-0.4, -0.2) is 23.8 Å². The lowest BCUT2D eigenvalue weighted by Crippen LogP contribution is -2.28. The zero-order valence-corrected chi connectivity index (χ0v) is 14.5. The Hall–Kier alpha value is -0.350. The Morgan fingerprint density at radius 3 is 2.37 bits per heavy atom. The Morgan fingerprint density at radius 2 is 1.84 bits per heavy atom. The van der Waals surface area contributed by atoms with Gasteiger partial charge < -0.3 is 9.47 Å². The number of alkyl halides is 1. The maximum atomic E-state index is 5.43. The summed E-state index contributed by atoms with van der Waals surface area (Å²) in [6.45, 7) is 6.82. The molecule has 0 saturated heterocycles. The quantitative estimate of drug-likeness (QED) is 0.746. The van der Waals surface area contributed by atoms with Gasteiger partial charge >= 0.3 is 0 Å². The number of halogens is 1. The van der Waals surface area contributed by atoms with Gasteiger partial charge in [-0.05, 0) is 29.7 Å². The maximum absolute atomic E-state index is 5.43. The van der Waals surface area contributed by atoms with Crippen molar-refractivity contribution in [1.29, 1.82) is 0 Å². The molecule has 19 heavy (non-hydrogen) atoms. The van der Waals surface area contributed by atoms with Gasteiger partial charge in [-0.2, -0.15) is 0 Å². The third kappa shape index (κ3) is 3.05. The predicted molar refractivity (Wildman–Crippen MR) is 86.1 cm³/mol. The zero-order valence-electron chi connectivity index (χ0n) is 12.1. The van der Waals surface area contributed by atoms with E-state index in [1.54, 1.807) is 14.2 Å². The molecule has 1 heterocycles. The molecular weight excluding hydrogens is 324 g/mol. The highest BCUT2D eigenvalue weighted by atomic mass is 79.9. The molecule has 0 N–H and O–H groups in total. The number of fused-ring (bicyclic) bond motifs is 1. The molecule has 0 saturated carbocycles. The summed E-state index contributed by atoms with van der Waals surface area (Å²) in [6.07, 6.45) is 1.06. The molecule has 0 aromatic heterocycles. The first-order chi connectivity index (χ1) is 8.88. The fraction of sp³-hybridized carbons (Fsp3) is 0.600. The Morgan fingerprint density at radius 1 is 1.26 bits per heavy atom. The van der Waals surface area contributed by atoms with Crippen LogP contribution in [0, 0.1) is 0 Å². The van der Waals surface area contributed by atoms with Gasteiger partial charge in [-0.15, -0.1) is 11.8 Å². The van der Waals surface area contributed by atoms with Gasteiger partial charge in [0.05, 0.1) is 14.2 Å². The predicted octanol–water partition coefficient (Wildman–Crippen LogP) is 4.60. The molecule has 106 valence electrons. The van der Waals surface area contributed by atoms with E-state index >= 15 is 0 Å². The van der Waals surface area contributed by atoms with Crippen LogP contribution < -0.4 is 9.47 Å². The van der Waals surface area contributed by atoms with Crippen LogP contribution in [0.15, 0.2) is 12.1 Å². The number of hydrogen-bond donors (Lipinski definition) is 0. The van der Waals surface area contributed by atoms with Gasteiger partial charge in [-0.3, -0.25) is 0 Å². The van der Waals surface area contributed by atoms with E-state index in [1.807, 2.05) is 11.8 Å². The van der Waals surface area contributed by atoms with Gasteiger partial charge in [0, 0.05) is 14.8 Å². The van der Waals surface area contributed by atoms with E-state index in [9.17, 15) is 0 Å². The number of benzene rings is 1. The van der Waals surface area contributed by atoms with Gasteiger partial charge in [0.1, 0.15) is 0 Å². The van der Waals surface area contributed by atoms with Gasteiger partial charge in [0.2, 0.25) is 0 Å². The molecule has 4 heteroatoms. The third-order valence-corrected chi connectivity index (χ3v) is 6.01. The molecule has 1 aliphatic rings. The molecule has 0 bridgehead atoms. The molecule has 0 aliphatic carbocycles. The van der Waals surface area contributed by atoms with Crippen LogP contribution in [0.2, 0.25) is 0 Å². The monoisotopic (exact) mass is 344 g/mol. The second-order valence-electron chi connectivity index (χ2n) is 5.56. The SMILES string of the molecule is COc1cc2c(cc1OC)C(C(C)Br)SC(C)(C)C2. The Balaban J connectivity index is 2.54. The second kappa shape index (κ2) is 5.57. The van der Waals surface area contributed by atoms with Crippen molar-refractivity contribution in [3.63, 3.8) is 0 Å². The number of thioether (sulfide) groups is 1. The summed E-state index contributed by atoms with van der Waals surface area (Å²) in [5.74, 6) is 1.64. The fourth-order valence-electron chi connectivity index (χ4n) is 2.60. The van der Waals surface area contributed by atoms with Gasteiger partial charge in [-0.1, -0.05) is 36.7 Å². The first kappa shape index (κ1) is 15.0. The first-order valence-electron chi connectivity index (χ1n) is 6.44. The van der Waals surface area contributed by atoms with E-state index in [-0.39, 0.29) is 4.75 Å². The van der Waals surface area contributed by atoms with Crippen molar-refractivity contribution in [3.05, 3.63) is 23.3 Å². The lowest BCUT2D eigenvalue weighted by atomic mass is 9.93. The number of methoxy groups -OCH3 is 2. The molecule has 0 amide bonds. The van der Waals surface area contributed by atoms with Crippen LogP contribution in [-0.2, 0) is 6.42 Å². The molecule has 1 aromatic carbocycles. The van der Waals surface area contributed by atoms with Gasteiger partial charge in [-0.25, -0.2) is 0 Å². The highest BCUT2D eigenvalue weighted by Gasteiger charge is 2.35. The molecule has 2 rings (SSSR count). The highest BCUT2D eigenvalue weighted by Crippen LogP contribution is 2.52. The summed E-state index contributed by atoms with van der Waals surface area (Å²) in [6, 6.07) is 4.27. The van der Waals surface area contributed by atoms with Crippen LogP contribution in [0.25, 0.3) is 0 Å². The highest BCUT2D eigenvalue weighted by molar-refractivity contribution is 9.09. The summed E-state index contributed by atoms with van der Waals surface area (Å²) in [5.41, 5.74) is 2.74. The minimum absolute atomic E-state index is 0.249. The fourth-order valence-corrected chi connectivity index (χ4v) is 4.67. The van der Waals surface area contributed by atoms with E-state index in [2.05, 4.69) is 48.8 Å². The number of ether oxygens (including phenoxy) is 2. The van der Waals surface area contributed by atoms with E-state index < -0.39 is 0 Å². The van der Waals surface area contributed by atoms with Gasteiger partial charge in [0.15, 0.2) is 11.5 Å². The number of rotatable bonds is 3. The normalized spacial score (nSPS) is 22.5. The van der Waals surface area contributed by atoms with E-state index in [4.69, 9.17) is 9.47 Å². The lowest BCUT2D eigenvalue weighted by Gasteiger charge is -2.38. The minimum Gasteiger partial charge on any atom is -0.493 e. The molecule has 1 aliphatic heterocycles. The van der Waals surface area contributed by atoms with Crippen molar-refractivity contribution in [1.82, 2.24) is 0 Å². The summed E-state index contributed by atoms with van der Waals surface area (Å²) in [4.78, 5) is 0.425. The summed E-state index contributed by atoms with van der Waals surface area (Å²) in [5, 5.41) is 0.443. The zero-order chi connectivity index (χ0) is 14.2. The summed E-state index contributed by atoms with van der Waals surface area (Å²) in [7, 11) is 3.38. The lowest BCUT2D eigenvalue weighted by molar-refractivity contribution is 0.353. The molecule has 1 aromatic rings. The Kier molecular flexibility index (Phi) is 4.41. The van der Waals surface area contributed by atoms with Crippen molar-refractivity contribution >= 4 is 27.7 Å². The van der Waals surface area contributed by atoms with Gasteiger partial charge in [0.25, 0.3) is 0 Å². The Bertz CT molecular complexity index is 471. The standard InChI is InChI=1S/C15H21BrO2S/c1-9(16)14-11-7-13(18-5)12(17-4)6-10(11)8-15(2,3)19-14/h6-7,9,14H,8H2,1-5H3. The third-order valence-electron chi connectivity index (χ3n) is 3.43. The largest absolute Gasteiger partial charge is 0.493 e. The molecule has 0 spiro atoms. The maximum Gasteiger partial charge on any atom is 0.161 e. The van der Waals surface area contributed by atoms with E-state index in [0.717, 1.165) is 17.9 Å². The molecule has 2 atom stereocenters. The van der Waals surface area contributed by atoms with Crippen LogP contribution in [0.4, 0.5) is 0 Å². The molecule has 0 radical (unpaired) electrons. The van der Waals surface area contributed by atoms with Crippen molar-refractivity contribution in [3.8, 4) is 11.5 Å². The molecule has 0 fully saturated rings. The van der Waals surface area contributed by atoms with Crippen molar-refractivity contribution in [2.75, 3.05) is 14.2 Å². The van der Waals surface area contributed by atoms with Crippen LogP contribution >= 0.6 is 27.7 Å². The first-order valence-corrected chi connectivity index (χ1v) is 8.24. The Labute approximate surface area is 128 Å². The van der Waals surface area contributed by atoms with Crippen LogP contribution in [0.3, 0.4) is 0 Å². The van der Waals surface area contributed by atoms with E-state index in [0.29, 0.717) is 10.1 Å². The average Bonchev–Trinajstić information content (AvgIpc) is 2.35. The van der Waals surface area contributed by atoms with Crippen molar-refractivity contribution < 1.29 is 9.47 Å². The average molecular weight is 345 g/mol. The molecule has 2 unspecified atom stereocenters. The summed E-state index contributed by atoms with van der Waals surface area (Å²) >= 11 is 5.78. The van der Waals surface area contributed by atoms with Crippen LogP contribution in [0.1, 0.15) is 37.1 Å². The minimum atomic E-state index is 0.249. The van der Waals surface area contributed by atoms with E-state index in [1.165, 1.54) is 11.1 Å². The smallest absolute Gasteiger partial charge is 0.161 e. The van der Waals surface area contributed by atoms with Crippen LogP contribution in [0.5, 0.6) is 11.5 Å². The topological polar surface area (TPSA) is 18.5 Å². The van der Waals surface area contributed by atoms with Crippen molar-refractivity contribution in [2.45, 2.75) is 42.0 Å². The number of hydrogen-bond acceptors (Lipinski definition) is 3. The van der Waals surface area contributed by atoms with Crippen molar-refractivity contribution in [2.24, 2.45) is 0 Å². The molecule has 2 nitrogen and oxygen atoms in total. The second-order valence-corrected chi connectivity index (χ2v) is 8.85. The molecular formula is C15H21BrO2S.